The van der Waals surface area contributed by atoms with Crippen LogP contribution in [0, 0.1) is 0 Å². The van der Waals surface area contributed by atoms with E-state index in [2.05, 4.69) is 17.2 Å². The van der Waals surface area contributed by atoms with Gasteiger partial charge in [0.05, 0.1) is 22.8 Å². The van der Waals surface area contributed by atoms with Crippen molar-refractivity contribution in [1.82, 2.24) is 4.98 Å². The second kappa shape index (κ2) is 6.03. The Morgan fingerprint density at radius 1 is 1.39 bits per heavy atom. The average molecular weight is 265 g/mol. The summed E-state index contributed by atoms with van der Waals surface area (Å²) in [5.74, 6) is 0. The first-order chi connectivity index (χ1) is 8.76. The standard InChI is InChI=1S/C14H17ClN2O/c1-3-10(9-18-2)17-13-7-6-12(15)11-5-4-8-16-14(11)13/h4-8,10,17H,3,9H2,1-2H3. The fraction of sp³-hybridized carbons (Fsp3) is 0.357. The summed E-state index contributed by atoms with van der Waals surface area (Å²) in [6.45, 7) is 2.80. The molecule has 0 aliphatic heterocycles. The third-order valence-electron chi connectivity index (χ3n) is 2.94. The molecule has 1 aromatic carbocycles. The van der Waals surface area contributed by atoms with E-state index in [1.165, 1.54) is 0 Å². The van der Waals surface area contributed by atoms with Gasteiger partial charge in [-0.3, -0.25) is 4.98 Å². The Hall–Kier alpha value is -1.32. The molecule has 2 rings (SSSR count). The minimum Gasteiger partial charge on any atom is -0.383 e. The number of rotatable bonds is 5. The van der Waals surface area contributed by atoms with Crippen molar-refractivity contribution in [2.24, 2.45) is 0 Å². The normalized spacial score (nSPS) is 12.6. The van der Waals surface area contributed by atoms with Crippen LogP contribution in [0.25, 0.3) is 10.9 Å². The van der Waals surface area contributed by atoms with E-state index >= 15 is 0 Å². The minimum absolute atomic E-state index is 0.279. The van der Waals surface area contributed by atoms with Crippen LogP contribution in [0.15, 0.2) is 30.5 Å². The van der Waals surface area contributed by atoms with Crippen LogP contribution in [0.4, 0.5) is 5.69 Å². The molecule has 0 aliphatic rings. The topological polar surface area (TPSA) is 34.1 Å². The number of fused-ring (bicyclic) bond motifs is 1. The van der Waals surface area contributed by atoms with Gasteiger partial charge in [0.25, 0.3) is 0 Å². The van der Waals surface area contributed by atoms with Crippen LogP contribution >= 0.6 is 11.6 Å². The highest BCUT2D eigenvalue weighted by molar-refractivity contribution is 6.35. The maximum atomic E-state index is 6.17. The number of aromatic nitrogens is 1. The average Bonchev–Trinajstić information content (AvgIpc) is 2.41. The van der Waals surface area contributed by atoms with Crippen LogP contribution in [-0.2, 0) is 4.74 Å². The van der Waals surface area contributed by atoms with Gasteiger partial charge in [0.15, 0.2) is 0 Å². The van der Waals surface area contributed by atoms with Crippen molar-refractivity contribution >= 4 is 28.2 Å². The molecule has 18 heavy (non-hydrogen) atoms. The number of pyridine rings is 1. The lowest BCUT2D eigenvalue weighted by molar-refractivity contribution is 0.184. The van der Waals surface area contributed by atoms with E-state index in [4.69, 9.17) is 16.3 Å². The Balaban J connectivity index is 2.36. The van der Waals surface area contributed by atoms with E-state index in [-0.39, 0.29) is 6.04 Å². The number of methoxy groups -OCH3 is 1. The lowest BCUT2D eigenvalue weighted by Crippen LogP contribution is -2.24. The Morgan fingerprint density at radius 3 is 2.94 bits per heavy atom. The van der Waals surface area contributed by atoms with Crippen molar-refractivity contribution in [3.8, 4) is 0 Å². The molecular formula is C14H17ClN2O. The van der Waals surface area contributed by atoms with E-state index < -0.39 is 0 Å². The van der Waals surface area contributed by atoms with E-state index in [1.54, 1.807) is 13.3 Å². The first kappa shape index (κ1) is 13.1. The Labute approximate surface area is 112 Å². The number of nitrogens with zero attached hydrogens (tertiary/aromatic N) is 1. The third-order valence-corrected chi connectivity index (χ3v) is 3.27. The molecule has 0 bridgehead atoms. The summed E-state index contributed by atoms with van der Waals surface area (Å²) < 4.78 is 5.19. The molecular weight excluding hydrogens is 248 g/mol. The molecule has 1 heterocycles. The van der Waals surface area contributed by atoms with Gasteiger partial charge in [0.2, 0.25) is 0 Å². The van der Waals surface area contributed by atoms with Gasteiger partial charge in [-0.05, 0) is 30.7 Å². The summed E-state index contributed by atoms with van der Waals surface area (Å²) in [4.78, 5) is 4.40. The Kier molecular flexibility index (Phi) is 4.39. The Morgan fingerprint density at radius 2 is 2.22 bits per heavy atom. The summed E-state index contributed by atoms with van der Waals surface area (Å²) in [6, 6.07) is 8.02. The van der Waals surface area contributed by atoms with Crippen LogP contribution in [0.1, 0.15) is 13.3 Å². The van der Waals surface area contributed by atoms with Gasteiger partial charge in [-0.1, -0.05) is 18.5 Å². The predicted octanol–water partition coefficient (Wildman–Crippen LogP) is 3.73. The van der Waals surface area contributed by atoms with Gasteiger partial charge >= 0.3 is 0 Å². The van der Waals surface area contributed by atoms with Gasteiger partial charge in [0, 0.05) is 24.7 Å². The number of benzene rings is 1. The quantitative estimate of drug-likeness (QED) is 0.894. The van der Waals surface area contributed by atoms with Crippen molar-refractivity contribution in [1.29, 1.82) is 0 Å². The smallest absolute Gasteiger partial charge is 0.0948 e. The zero-order valence-electron chi connectivity index (χ0n) is 10.6. The summed E-state index contributed by atoms with van der Waals surface area (Å²) >= 11 is 6.17. The molecule has 0 saturated carbocycles. The maximum absolute atomic E-state index is 6.17. The fourth-order valence-electron chi connectivity index (χ4n) is 1.94. The molecule has 2 aromatic rings. The van der Waals surface area contributed by atoms with E-state index in [1.807, 2.05) is 24.3 Å². The maximum Gasteiger partial charge on any atom is 0.0948 e. The molecule has 1 unspecified atom stereocenters. The van der Waals surface area contributed by atoms with Crippen molar-refractivity contribution in [2.75, 3.05) is 19.0 Å². The summed E-state index contributed by atoms with van der Waals surface area (Å²) in [7, 11) is 1.71. The molecule has 0 spiro atoms. The first-order valence-corrected chi connectivity index (χ1v) is 6.42. The van der Waals surface area contributed by atoms with Crippen LogP contribution < -0.4 is 5.32 Å². The lowest BCUT2D eigenvalue weighted by atomic mass is 10.1. The van der Waals surface area contributed by atoms with E-state index in [0.717, 1.165) is 28.0 Å². The molecule has 3 nitrogen and oxygen atoms in total. The fourth-order valence-corrected chi connectivity index (χ4v) is 2.15. The highest BCUT2D eigenvalue weighted by Crippen LogP contribution is 2.28. The number of nitrogens with one attached hydrogen (secondary N) is 1. The Bertz CT molecular complexity index is 530. The summed E-state index contributed by atoms with van der Waals surface area (Å²) in [5, 5.41) is 5.15. The highest BCUT2D eigenvalue weighted by Gasteiger charge is 2.10. The largest absolute Gasteiger partial charge is 0.383 e. The minimum atomic E-state index is 0.279. The van der Waals surface area contributed by atoms with Crippen LogP contribution in [-0.4, -0.2) is 24.7 Å². The molecule has 0 saturated heterocycles. The first-order valence-electron chi connectivity index (χ1n) is 6.05. The number of anilines is 1. The molecule has 0 fully saturated rings. The van der Waals surface area contributed by atoms with E-state index in [0.29, 0.717) is 6.61 Å². The molecule has 96 valence electrons. The van der Waals surface area contributed by atoms with Gasteiger partial charge in [-0.25, -0.2) is 0 Å². The van der Waals surface area contributed by atoms with Crippen LogP contribution in [0.2, 0.25) is 5.02 Å². The van der Waals surface area contributed by atoms with Crippen molar-refractivity contribution in [3.63, 3.8) is 0 Å². The summed E-state index contributed by atoms with van der Waals surface area (Å²) in [5.41, 5.74) is 1.90. The number of halogens is 1. The molecule has 1 N–H and O–H groups in total. The number of ether oxygens (including phenoxy) is 1. The summed E-state index contributed by atoms with van der Waals surface area (Å²) in [6.07, 6.45) is 2.77. The molecule has 0 amide bonds. The highest BCUT2D eigenvalue weighted by atomic mass is 35.5. The van der Waals surface area contributed by atoms with Gasteiger partial charge in [-0.2, -0.15) is 0 Å². The molecule has 1 aromatic heterocycles. The van der Waals surface area contributed by atoms with Gasteiger partial charge in [0.1, 0.15) is 0 Å². The number of hydrogen-bond donors (Lipinski definition) is 1. The zero-order chi connectivity index (χ0) is 13.0. The third kappa shape index (κ3) is 2.74. The molecule has 4 heteroatoms. The second-order valence-electron chi connectivity index (χ2n) is 4.20. The van der Waals surface area contributed by atoms with Crippen molar-refractivity contribution in [2.45, 2.75) is 19.4 Å². The van der Waals surface area contributed by atoms with Gasteiger partial charge < -0.3 is 10.1 Å². The lowest BCUT2D eigenvalue weighted by Gasteiger charge is -2.18. The number of hydrogen-bond acceptors (Lipinski definition) is 3. The van der Waals surface area contributed by atoms with Crippen LogP contribution in [0.5, 0.6) is 0 Å². The molecule has 0 radical (unpaired) electrons. The second-order valence-corrected chi connectivity index (χ2v) is 4.61. The molecule has 1 atom stereocenters. The van der Waals surface area contributed by atoms with Crippen molar-refractivity contribution in [3.05, 3.63) is 35.5 Å². The molecule has 0 aliphatic carbocycles. The van der Waals surface area contributed by atoms with Gasteiger partial charge in [-0.15, -0.1) is 0 Å². The van der Waals surface area contributed by atoms with E-state index in [9.17, 15) is 0 Å². The van der Waals surface area contributed by atoms with Crippen molar-refractivity contribution < 1.29 is 4.74 Å². The van der Waals surface area contributed by atoms with Crippen LogP contribution in [0.3, 0.4) is 0 Å². The predicted molar refractivity (Wildman–Crippen MR) is 76.3 cm³/mol. The zero-order valence-corrected chi connectivity index (χ0v) is 11.4. The SMILES string of the molecule is CCC(COC)Nc1ccc(Cl)c2cccnc12. The monoisotopic (exact) mass is 264 g/mol.